The SMILES string of the molecule is CC1(C(=O)Nc2ccc(C=CC(=O)N3CCC=C(c4ccccc4)CC3)cn2)CC1. The molecule has 2 aliphatic rings. The zero-order chi connectivity index (χ0) is 21.0. The molecule has 1 fully saturated rings. The number of carbonyl (C=O) groups excluding carboxylic acids is 2. The molecule has 1 aliphatic heterocycles. The first-order chi connectivity index (χ1) is 14.5. The zero-order valence-corrected chi connectivity index (χ0v) is 17.3. The summed E-state index contributed by atoms with van der Waals surface area (Å²) in [6.45, 7) is 3.40. The second-order valence-electron chi connectivity index (χ2n) is 8.28. The first-order valence-electron chi connectivity index (χ1n) is 10.5. The van der Waals surface area contributed by atoms with E-state index in [2.05, 4.69) is 28.5 Å². The Labute approximate surface area is 177 Å². The quantitative estimate of drug-likeness (QED) is 0.748. The standard InChI is InChI=1S/C25H27N3O2/c1-25(14-15-25)24(30)27-22-11-9-19(18-26-22)10-12-23(29)28-16-5-8-21(13-17-28)20-6-3-2-4-7-20/h2-4,6-12,18H,5,13-17H2,1H3,(H,26,27,30). The maximum Gasteiger partial charge on any atom is 0.246 e. The van der Waals surface area contributed by atoms with Crippen LogP contribution in [0.3, 0.4) is 0 Å². The number of hydrogen-bond donors (Lipinski definition) is 1. The second kappa shape index (κ2) is 8.66. The summed E-state index contributed by atoms with van der Waals surface area (Å²) >= 11 is 0. The van der Waals surface area contributed by atoms with Gasteiger partial charge in [0.15, 0.2) is 0 Å². The van der Waals surface area contributed by atoms with Crippen LogP contribution in [0.1, 0.15) is 43.7 Å². The fourth-order valence-corrected chi connectivity index (χ4v) is 3.53. The predicted molar refractivity (Wildman–Crippen MR) is 119 cm³/mol. The number of benzene rings is 1. The molecule has 30 heavy (non-hydrogen) atoms. The highest BCUT2D eigenvalue weighted by molar-refractivity contribution is 5.96. The lowest BCUT2D eigenvalue weighted by Gasteiger charge is -2.18. The summed E-state index contributed by atoms with van der Waals surface area (Å²) in [5.74, 6) is 0.582. The zero-order valence-electron chi connectivity index (χ0n) is 17.3. The lowest BCUT2D eigenvalue weighted by Crippen LogP contribution is -2.30. The van der Waals surface area contributed by atoms with Crippen LogP contribution in [-0.4, -0.2) is 34.8 Å². The van der Waals surface area contributed by atoms with Gasteiger partial charge in [0.1, 0.15) is 5.82 Å². The van der Waals surface area contributed by atoms with E-state index in [0.717, 1.165) is 37.8 Å². The third-order valence-corrected chi connectivity index (χ3v) is 5.89. The van der Waals surface area contributed by atoms with Gasteiger partial charge >= 0.3 is 0 Å². The smallest absolute Gasteiger partial charge is 0.246 e. The Morgan fingerprint density at radius 3 is 2.60 bits per heavy atom. The van der Waals surface area contributed by atoms with Crippen LogP contribution >= 0.6 is 0 Å². The predicted octanol–water partition coefficient (Wildman–Crippen LogP) is 4.54. The van der Waals surface area contributed by atoms with Gasteiger partial charge in [-0.1, -0.05) is 43.3 Å². The molecule has 0 spiro atoms. The first-order valence-corrected chi connectivity index (χ1v) is 10.5. The van der Waals surface area contributed by atoms with E-state index < -0.39 is 0 Å². The van der Waals surface area contributed by atoms with Crippen LogP contribution in [0.2, 0.25) is 0 Å². The number of rotatable bonds is 5. The van der Waals surface area contributed by atoms with Gasteiger partial charge in [-0.2, -0.15) is 0 Å². The van der Waals surface area contributed by atoms with E-state index >= 15 is 0 Å². The molecule has 154 valence electrons. The van der Waals surface area contributed by atoms with Crippen molar-refractivity contribution in [1.29, 1.82) is 0 Å². The van der Waals surface area contributed by atoms with Gasteiger partial charge in [0, 0.05) is 30.8 Å². The van der Waals surface area contributed by atoms with Gasteiger partial charge < -0.3 is 10.2 Å². The van der Waals surface area contributed by atoms with Gasteiger partial charge in [-0.05, 0) is 60.6 Å². The number of nitrogens with one attached hydrogen (secondary N) is 1. The summed E-state index contributed by atoms with van der Waals surface area (Å²) in [6, 6.07) is 14.0. The van der Waals surface area contributed by atoms with Crippen molar-refractivity contribution in [3.63, 3.8) is 0 Å². The van der Waals surface area contributed by atoms with Crippen molar-refractivity contribution in [3.8, 4) is 0 Å². The van der Waals surface area contributed by atoms with Crippen molar-refractivity contribution >= 4 is 29.3 Å². The van der Waals surface area contributed by atoms with Crippen molar-refractivity contribution in [2.24, 2.45) is 5.41 Å². The van der Waals surface area contributed by atoms with Crippen LogP contribution < -0.4 is 5.32 Å². The van der Waals surface area contributed by atoms with Crippen molar-refractivity contribution in [2.75, 3.05) is 18.4 Å². The van der Waals surface area contributed by atoms with Crippen LogP contribution in [0.4, 0.5) is 5.82 Å². The minimum Gasteiger partial charge on any atom is -0.339 e. The fourth-order valence-electron chi connectivity index (χ4n) is 3.53. The maximum atomic E-state index is 12.6. The Morgan fingerprint density at radius 2 is 1.90 bits per heavy atom. The van der Waals surface area contributed by atoms with E-state index in [9.17, 15) is 9.59 Å². The number of hydrogen-bond acceptors (Lipinski definition) is 3. The molecule has 0 unspecified atom stereocenters. The Balaban J connectivity index is 1.31. The Bertz CT molecular complexity index is 973. The summed E-state index contributed by atoms with van der Waals surface area (Å²) in [7, 11) is 0. The average Bonchev–Trinajstić information content (AvgIpc) is 3.57. The molecule has 2 aromatic rings. The third kappa shape index (κ3) is 4.85. The van der Waals surface area contributed by atoms with E-state index in [4.69, 9.17) is 0 Å². The molecule has 2 heterocycles. The molecule has 4 rings (SSSR count). The summed E-state index contributed by atoms with van der Waals surface area (Å²) in [5, 5.41) is 2.86. The van der Waals surface area contributed by atoms with Crippen molar-refractivity contribution in [2.45, 2.75) is 32.6 Å². The number of pyridine rings is 1. The van der Waals surface area contributed by atoms with E-state index in [1.165, 1.54) is 11.1 Å². The summed E-state index contributed by atoms with van der Waals surface area (Å²) in [4.78, 5) is 30.9. The molecule has 0 bridgehead atoms. The minimum atomic E-state index is -0.227. The lowest BCUT2D eigenvalue weighted by atomic mass is 10.0. The highest BCUT2D eigenvalue weighted by atomic mass is 16.2. The molecule has 1 N–H and O–H groups in total. The highest BCUT2D eigenvalue weighted by Crippen LogP contribution is 2.45. The van der Waals surface area contributed by atoms with E-state index in [1.807, 2.05) is 36.1 Å². The van der Waals surface area contributed by atoms with E-state index in [-0.39, 0.29) is 17.2 Å². The molecule has 2 amide bonds. The number of carbonyl (C=O) groups is 2. The van der Waals surface area contributed by atoms with E-state index in [0.29, 0.717) is 12.4 Å². The molecule has 1 aromatic carbocycles. The molecular weight excluding hydrogens is 374 g/mol. The lowest BCUT2D eigenvalue weighted by molar-refractivity contribution is -0.125. The van der Waals surface area contributed by atoms with Gasteiger partial charge in [-0.25, -0.2) is 4.98 Å². The molecule has 1 aromatic heterocycles. The largest absolute Gasteiger partial charge is 0.339 e. The summed E-state index contributed by atoms with van der Waals surface area (Å²) < 4.78 is 0. The van der Waals surface area contributed by atoms with Gasteiger partial charge in [-0.3, -0.25) is 9.59 Å². The Hall–Kier alpha value is -3.21. The fraction of sp³-hybridized carbons (Fsp3) is 0.320. The normalized spacial score (nSPS) is 17.9. The number of nitrogens with zero attached hydrogens (tertiary/aromatic N) is 2. The van der Waals surface area contributed by atoms with Crippen LogP contribution in [0, 0.1) is 5.41 Å². The molecule has 5 heteroatoms. The highest BCUT2D eigenvalue weighted by Gasteiger charge is 2.44. The van der Waals surface area contributed by atoms with Crippen molar-refractivity contribution < 1.29 is 9.59 Å². The Morgan fingerprint density at radius 1 is 1.10 bits per heavy atom. The van der Waals surface area contributed by atoms with Gasteiger partial charge in [0.05, 0.1) is 0 Å². The summed E-state index contributed by atoms with van der Waals surface area (Å²) in [6.07, 6.45) is 10.9. The van der Waals surface area contributed by atoms with Crippen LogP contribution in [0.15, 0.2) is 60.8 Å². The monoisotopic (exact) mass is 401 g/mol. The van der Waals surface area contributed by atoms with Gasteiger partial charge in [0.2, 0.25) is 11.8 Å². The van der Waals surface area contributed by atoms with Crippen LogP contribution in [0.5, 0.6) is 0 Å². The first kappa shape index (κ1) is 20.1. The van der Waals surface area contributed by atoms with E-state index in [1.54, 1.807) is 24.4 Å². The second-order valence-corrected chi connectivity index (χ2v) is 8.28. The molecule has 0 atom stereocenters. The maximum absolute atomic E-state index is 12.6. The molecule has 1 saturated carbocycles. The number of anilines is 1. The Kier molecular flexibility index (Phi) is 5.79. The third-order valence-electron chi connectivity index (χ3n) is 5.89. The van der Waals surface area contributed by atoms with Crippen molar-refractivity contribution in [1.82, 2.24) is 9.88 Å². The van der Waals surface area contributed by atoms with Crippen molar-refractivity contribution in [3.05, 3.63) is 71.9 Å². The minimum absolute atomic E-state index is 0.0109. The van der Waals surface area contributed by atoms with Crippen LogP contribution in [-0.2, 0) is 9.59 Å². The molecule has 1 aliphatic carbocycles. The topological polar surface area (TPSA) is 62.3 Å². The number of aromatic nitrogens is 1. The average molecular weight is 402 g/mol. The molecular formula is C25H27N3O2. The van der Waals surface area contributed by atoms with Gasteiger partial charge in [0.25, 0.3) is 0 Å². The molecule has 0 saturated heterocycles. The van der Waals surface area contributed by atoms with Gasteiger partial charge in [-0.15, -0.1) is 0 Å². The molecule has 0 radical (unpaired) electrons. The van der Waals surface area contributed by atoms with Crippen LogP contribution in [0.25, 0.3) is 11.6 Å². The summed E-state index contributed by atoms with van der Waals surface area (Å²) in [5.41, 5.74) is 3.14. The molecule has 5 nitrogen and oxygen atoms in total. The number of amides is 2.